The van der Waals surface area contributed by atoms with E-state index in [0.717, 1.165) is 17.4 Å². The van der Waals surface area contributed by atoms with Gasteiger partial charge in [-0.3, -0.25) is 4.79 Å². The van der Waals surface area contributed by atoms with Crippen LogP contribution in [0, 0.1) is 6.92 Å². The fourth-order valence-corrected chi connectivity index (χ4v) is 2.04. The van der Waals surface area contributed by atoms with Crippen molar-refractivity contribution in [2.75, 3.05) is 6.79 Å². The molecule has 1 aliphatic rings. The summed E-state index contributed by atoms with van der Waals surface area (Å²) < 4.78 is 10.6. The molecule has 0 bridgehead atoms. The second-order valence-corrected chi connectivity index (χ2v) is 4.28. The smallest absolute Gasteiger partial charge is 0.231 e. The summed E-state index contributed by atoms with van der Waals surface area (Å²) in [4.78, 5) is 11.2. The largest absolute Gasteiger partial charge is 0.454 e. The van der Waals surface area contributed by atoms with Gasteiger partial charge in [0.05, 0.1) is 0 Å². The highest BCUT2D eigenvalue weighted by Crippen LogP contribution is 2.38. The molecule has 90 valence electrons. The van der Waals surface area contributed by atoms with Crippen LogP contribution in [0.15, 0.2) is 36.4 Å². The Labute approximate surface area is 105 Å². The lowest BCUT2D eigenvalue weighted by Gasteiger charge is -2.07. The van der Waals surface area contributed by atoms with Gasteiger partial charge in [0.15, 0.2) is 17.8 Å². The molecule has 0 spiro atoms. The maximum atomic E-state index is 11.2. The molecule has 0 fully saturated rings. The van der Waals surface area contributed by atoms with Gasteiger partial charge in [-0.1, -0.05) is 29.8 Å². The van der Waals surface area contributed by atoms with Gasteiger partial charge in [-0.05, 0) is 30.2 Å². The number of fused-ring (bicyclic) bond motifs is 1. The number of aryl methyl sites for hydroxylation is 1. The van der Waals surface area contributed by atoms with E-state index < -0.39 is 0 Å². The minimum absolute atomic E-state index is 0.213. The van der Waals surface area contributed by atoms with Crippen molar-refractivity contribution in [1.29, 1.82) is 0 Å². The molecule has 0 N–H and O–H groups in total. The van der Waals surface area contributed by atoms with Crippen molar-refractivity contribution in [3.05, 3.63) is 47.5 Å². The normalized spacial score (nSPS) is 12.5. The molecule has 0 aromatic heterocycles. The topological polar surface area (TPSA) is 35.5 Å². The van der Waals surface area contributed by atoms with Crippen LogP contribution in [0.25, 0.3) is 11.1 Å². The number of hydrogen-bond donors (Lipinski definition) is 0. The number of ether oxygens (including phenoxy) is 2. The van der Waals surface area contributed by atoms with Crippen LogP contribution in [0.1, 0.15) is 15.9 Å². The van der Waals surface area contributed by atoms with E-state index in [1.165, 1.54) is 5.56 Å². The fourth-order valence-electron chi connectivity index (χ4n) is 2.04. The summed E-state index contributed by atoms with van der Waals surface area (Å²) in [5, 5.41) is 0. The van der Waals surface area contributed by atoms with Crippen molar-refractivity contribution in [2.45, 2.75) is 6.92 Å². The summed E-state index contributed by atoms with van der Waals surface area (Å²) in [6.07, 6.45) is 0.844. The first-order valence-corrected chi connectivity index (χ1v) is 5.74. The Morgan fingerprint density at radius 3 is 2.39 bits per heavy atom. The van der Waals surface area contributed by atoms with Gasteiger partial charge in [0.2, 0.25) is 6.79 Å². The van der Waals surface area contributed by atoms with Gasteiger partial charge < -0.3 is 9.47 Å². The van der Waals surface area contributed by atoms with E-state index in [-0.39, 0.29) is 6.79 Å². The second kappa shape index (κ2) is 4.18. The van der Waals surface area contributed by atoms with Gasteiger partial charge in [0.25, 0.3) is 0 Å². The Balaban J connectivity index is 2.16. The van der Waals surface area contributed by atoms with Crippen LogP contribution >= 0.6 is 0 Å². The molecule has 0 saturated carbocycles. The number of carbonyl (C=O) groups is 1. The molecule has 0 atom stereocenters. The van der Waals surface area contributed by atoms with Crippen LogP contribution < -0.4 is 9.47 Å². The molecule has 1 heterocycles. The van der Waals surface area contributed by atoms with E-state index in [1.54, 1.807) is 6.07 Å². The monoisotopic (exact) mass is 240 g/mol. The van der Waals surface area contributed by atoms with E-state index in [0.29, 0.717) is 17.1 Å². The first-order chi connectivity index (χ1) is 8.78. The minimum atomic E-state index is 0.213. The predicted molar refractivity (Wildman–Crippen MR) is 68.1 cm³/mol. The van der Waals surface area contributed by atoms with E-state index in [1.807, 2.05) is 37.3 Å². The number of rotatable bonds is 2. The number of carbonyl (C=O) groups excluding carboxylic acids is 1. The lowest BCUT2D eigenvalue weighted by Crippen LogP contribution is -1.92. The third-order valence-electron chi connectivity index (χ3n) is 3.03. The minimum Gasteiger partial charge on any atom is -0.454 e. The maximum Gasteiger partial charge on any atom is 0.231 e. The van der Waals surface area contributed by atoms with Gasteiger partial charge in [-0.25, -0.2) is 0 Å². The van der Waals surface area contributed by atoms with Crippen molar-refractivity contribution in [3.8, 4) is 22.6 Å². The average molecular weight is 240 g/mol. The van der Waals surface area contributed by atoms with Gasteiger partial charge in [0, 0.05) is 5.56 Å². The Hall–Kier alpha value is -2.29. The molecule has 2 aromatic rings. The molecule has 0 aliphatic carbocycles. The van der Waals surface area contributed by atoms with Gasteiger partial charge >= 0.3 is 0 Å². The molecule has 18 heavy (non-hydrogen) atoms. The van der Waals surface area contributed by atoms with E-state index in [2.05, 4.69) is 0 Å². The number of aldehydes is 1. The zero-order valence-corrected chi connectivity index (χ0v) is 9.97. The Bertz CT molecular complexity index is 600. The Morgan fingerprint density at radius 1 is 1.06 bits per heavy atom. The standard InChI is InChI=1S/C15H12O3/c1-10-2-4-11(5-3-10)13-7-15-14(17-9-18-15)6-12(13)8-16/h2-8H,9H2,1H3. The van der Waals surface area contributed by atoms with Crippen molar-refractivity contribution in [1.82, 2.24) is 0 Å². The van der Waals surface area contributed by atoms with E-state index >= 15 is 0 Å². The highest BCUT2D eigenvalue weighted by Gasteiger charge is 2.17. The first kappa shape index (κ1) is 10.8. The van der Waals surface area contributed by atoms with Crippen molar-refractivity contribution in [2.24, 2.45) is 0 Å². The van der Waals surface area contributed by atoms with Gasteiger partial charge in [-0.2, -0.15) is 0 Å². The molecular weight excluding hydrogens is 228 g/mol. The molecule has 0 saturated heterocycles. The SMILES string of the molecule is Cc1ccc(-c2cc3c(cc2C=O)OCO3)cc1. The molecule has 0 radical (unpaired) electrons. The summed E-state index contributed by atoms with van der Waals surface area (Å²) in [6, 6.07) is 11.6. The highest BCUT2D eigenvalue weighted by molar-refractivity contribution is 5.89. The molecule has 0 unspecified atom stereocenters. The number of benzene rings is 2. The molecule has 3 heteroatoms. The van der Waals surface area contributed by atoms with E-state index in [4.69, 9.17) is 9.47 Å². The average Bonchev–Trinajstić information content (AvgIpc) is 2.85. The summed E-state index contributed by atoms with van der Waals surface area (Å²) in [6.45, 7) is 2.25. The van der Waals surface area contributed by atoms with Gasteiger partial charge in [0.1, 0.15) is 0 Å². The third kappa shape index (κ3) is 1.74. The predicted octanol–water partition coefficient (Wildman–Crippen LogP) is 3.20. The fraction of sp³-hybridized carbons (Fsp3) is 0.133. The summed E-state index contributed by atoms with van der Waals surface area (Å²) in [5.41, 5.74) is 3.67. The zero-order chi connectivity index (χ0) is 12.5. The highest BCUT2D eigenvalue weighted by atomic mass is 16.7. The molecule has 2 aromatic carbocycles. The van der Waals surface area contributed by atoms with E-state index in [9.17, 15) is 4.79 Å². The molecule has 0 amide bonds. The van der Waals surface area contributed by atoms with Crippen LogP contribution in [-0.2, 0) is 0 Å². The maximum absolute atomic E-state index is 11.2. The second-order valence-electron chi connectivity index (χ2n) is 4.28. The number of hydrogen-bond acceptors (Lipinski definition) is 3. The van der Waals surface area contributed by atoms with Crippen LogP contribution in [0.2, 0.25) is 0 Å². The Morgan fingerprint density at radius 2 is 1.72 bits per heavy atom. The van der Waals surface area contributed by atoms with Crippen LogP contribution in [0.4, 0.5) is 0 Å². The summed E-state index contributed by atoms with van der Waals surface area (Å²) >= 11 is 0. The van der Waals surface area contributed by atoms with Crippen molar-refractivity contribution >= 4 is 6.29 Å². The molecule has 3 rings (SSSR count). The quantitative estimate of drug-likeness (QED) is 0.756. The molecule has 1 aliphatic heterocycles. The lowest BCUT2D eigenvalue weighted by molar-refractivity contribution is 0.112. The third-order valence-corrected chi connectivity index (χ3v) is 3.03. The van der Waals surface area contributed by atoms with Crippen LogP contribution in [0.5, 0.6) is 11.5 Å². The Kier molecular flexibility index (Phi) is 2.52. The lowest BCUT2D eigenvalue weighted by atomic mass is 9.99. The molecular formula is C15H12O3. The summed E-state index contributed by atoms with van der Waals surface area (Å²) in [5.74, 6) is 1.32. The van der Waals surface area contributed by atoms with Crippen LogP contribution in [0.3, 0.4) is 0 Å². The van der Waals surface area contributed by atoms with Gasteiger partial charge in [-0.15, -0.1) is 0 Å². The van der Waals surface area contributed by atoms with Crippen molar-refractivity contribution < 1.29 is 14.3 Å². The first-order valence-electron chi connectivity index (χ1n) is 5.74. The summed E-state index contributed by atoms with van der Waals surface area (Å²) in [7, 11) is 0. The molecule has 3 nitrogen and oxygen atoms in total. The van der Waals surface area contributed by atoms with Crippen molar-refractivity contribution in [3.63, 3.8) is 0 Å². The zero-order valence-electron chi connectivity index (χ0n) is 9.97. The van der Waals surface area contributed by atoms with Crippen LogP contribution in [-0.4, -0.2) is 13.1 Å².